The van der Waals surface area contributed by atoms with E-state index in [0.29, 0.717) is 22.2 Å². The van der Waals surface area contributed by atoms with Crippen LogP contribution in [0.1, 0.15) is 34.8 Å². The fourth-order valence-electron chi connectivity index (χ4n) is 3.38. The number of imidazole rings is 1. The maximum atomic E-state index is 12.9. The smallest absolute Gasteiger partial charge is 0.182 e. The second-order valence-corrected chi connectivity index (χ2v) is 7.41. The Bertz CT molecular complexity index is 1170. The maximum Gasteiger partial charge on any atom is 0.182 e. The van der Waals surface area contributed by atoms with Crippen LogP contribution < -0.4 is 4.74 Å². The third-order valence-electron chi connectivity index (χ3n) is 4.89. The summed E-state index contributed by atoms with van der Waals surface area (Å²) in [5.74, 6) is 1.46. The molecule has 0 aliphatic heterocycles. The Labute approximate surface area is 174 Å². The van der Waals surface area contributed by atoms with Gasteiger partial charge in [-0.15, -0.1) is 0 Å². The van der Waals surface area contributed by atoms with Crippen LogP contribution in [0.25, 0.3) is 11.0 Å². The van der Waals surface area contributed by atoms with Gasteiger partial charge in [0.1, 0.15) is 5.75 Å². The van der Waals surface area contributed by atoms with Gasteiger partial charge >= 0.3 is 0 Å². The largest absolute Gasteiger partial charge is 0.483 e. The zero-order valence-electron chi connectivity index (χ0n) is 16.3. The molecule has 0 aliphatic carbocycles. The van der Waals surface area contributed by atoms with Crippen molar-refractivity contribution in [2.24, 2.45) is 0 Å². The highest BCUT2D eigenvalue weighted by Crippen LogP contribution is 2.28. The van der Waals surface area contributed by atoms with Crippen LogP contribution in [0.15, 0.2) is 72.8 Å². The first kappa shape index (κ1) is 19.2. The molecular formula is C24H21ClN2O2. The van der Waals surface area contributed by atoms with E-state index in [1.54, 1.807) is 0 Å². The first-order valence-corrected chi connectivity index (χ1v) is 9.87. The van der Waals surface area contributed by atoms with E-state index < -0.39 is 0 Å². The lowest BCUT2D eigenvalue weighted by Crippen LogP contribution is -2.17. The van der Waals surface area contributed by atoms with Gasteiger partial charge in [-0.2, -0.15) is 0 Å². The molecule has 0 aliphatic rings. The van der Waals surface area contributed by atoms with Crippen molar-refractivity contribution in [1.82, 2.24) is 9.55 Å². The number of benzene rings is 3. The number of hydrogen-bond acceptors (Lipinski definition) is 3. The Morgan fingerprint density at radius 2 is 1.79 bits per heavy atom. The predicted octanol–water partition coefficient (Wildman–Crippen LogP) is 6.02. The fraction of sp³-hybridized carbons (Fsp3) is 0.167. The van der Waals surface area contributed by atoms with Gasteiger partial charge in [0.2, 0.25) is 0 Å². The highest BCUT2D eigenvalue weighted by atomic mass is 35.5. The number of Topliss-reactive ketones (excluding diaryl/α,β-unsaturated/α-hetero) is 1. The molecule has 1 atom stereocenters. The highest BCUT2D eigenvalue weighted by Gasteiger charge is 2.20. The number of ketones is 1. The molecule has 0 N–H and O–H groups in total. The van der Waals surface area contributed by atoms with Crippen molar-refractivity contribution < 1.29 is 9.53 Å². The highest BCUT2D eigenvalue weighted by molar-refractivity contribution is 6.31. The topological polar surface area (TPSA) is 44.1 Å². The quantitative estimate of drug-likeness (QED) is 0.369. The second-order valence-electron chi connectivity index (χ2n) is 7.01. The van der Waals surface area contributed by atoms with Gasteiger partial charge < -0.3 is 9.30 Å². The van der Waals surface area contributed by atoms with E-state index in [9.17, 15) is 4.79 Å². The average molecular weight is 405 g/mol. The van der Waals surface area contributed by atoms with Crippen molar-refractivity contribution in [1.29, 1.82) is 0 Å². The predicted molar refractivity (Wildman–Crippen MR) is 116 cm³/mol. The van der Waals surface area contributed by atoms with Gasteiger partial charge in [0.25, 0.3) is 0 Å². The van der Waals surface area contributed by atoms with E-state index in [1.807, 2.05) is 91.2 Å². The van der Waals surface area contributed by atoms with Crippen molar-refractivity contribution in [2.75, 3.05) is 0 Å². The molecule has 4 rings (SSSR count). The number of fused-ring (bicyclic) bond motifs is 1. The van der Waals surface area contributed by atoms with Gasteiger partial charge in [-0.3, -0.25) is 4.79 Å². The Kier molecular flexibility index (Phi) is 5.36. The molecule has 0 fully saturated rings. The molecule has 1 aromatic heterocycles. The number of hydrogen-bond donors (Lipinski definition) is 0. The van der Waals surface area contributed by atoms with Crippen LogP contribution in [-0.2, 0) is 6.54 Å². The Hall–Kier alpha value is -3.11. The third kappa shape index (κ3) is 4.03. The minimum Gasteiger partial charge on any atom is -0.483 e. The Morgan fingerprint density at radius 3 is 2.55 bits per heavy atom. The summed E-state index contributed by atoms with van der Waals surface area (Å²) in [7, 11) is 0. The number of halogens is 1. The summed E-state index contributed by atoms with van der Waals surface area (Å²) in [4.78, 5) is 17.6. The summed E-state index contributed by atoms with van der Waals surface area (Å²) >= 11 is 6.12. The number of carbonyl (C=O) groups excluding carboxylic acids is 1. The van der Waals surface area contributed by atoms with E-state index in [4.69, 9.17) is 21.3 Å². The van der Waals surface area contributed by atoms with Crippen LogP contribution in [0.4, 0.5) is 0 Å². The number of rotatable bonds is 6. The van der Waals surface area contributed by atoms with E-state index in [1.165, 1.54) is 0 Å². The first-order valence-electron chi connectivity index (χ1n) is 9.49. The van der Waals surface area contributed by atoms with Gasteiger partial charge in [0.05, 0.1) is 17.6 Å². The lowest BCUT2D eigenvalue weighted by Gasteiger charge is -2.17. The number of ether oxygens (including phenoxy) is 1. The number of nitrogens with zero attached hydrogens (tertiary/aromatic N) is 2. The molecule has 0 spiro atoms. The lowest BCUT2D eigenvalue weighted by atomic mass is 10.1. The molecular weight excluding hydrogens is 384 g/mol. The van der Waals surface area contributed by atoms with Crippen molar-refractivity contribution in [3.8, 4) is 5.75 Å². The van der Waals surface area contributed by atoms with Gasteiger partial charge in [0, 0.05) is 10.6 Å². The molecule has 1 heterocycles. The van der Waals surface area contributed by atoms with E-state index >= 15 is 0 Å². The minimum absolute atomic E-state index is 0.0320. The third-order valence-corrected chi connectivity index (χ3v) is 5.31. The molecule has 0 bridgehead atoms. The molecule has 4 aromatic rings. The number of para-hydroxylation sites is 2. The van der Waals surface area contributed by atoms with Crippen LogP contribution in [-0.4, -0.2) is 15.3 Å². The Morgan fingerprint density at radius 1 is 1.07 bits per heavy atom. The van der Waals surface area contributed by atoms with E-state index in [-0.39, 0.29) is 18.4 Å². The summed E-state index contributed by atoms with van der Waals surface area (Å²) in [6, 6.07) is 22.7. The summed E-state index contributed by atoms with van der Waals surface area (Å²) in [6.45, 7) is 4.08. The minimum atomic E-state index is -0.341. The zero-order chi connectivity index (χ0) is 20.4. The second kappa shape index (κ2) is 8.10. The molecule has 5 heteroatoms. The van der Waals surface area contributed by atoms with Crippen LogP contribution in [0.5, 0.6) is 5.75 Å². The van der Waals surface area contributed by atoms with Gasteiger partial charge in [-0.25, -0.2) is 4.98 Å². The lowest BCUT2D eigenvalue weighted by molar-refractivity contribution is 0.0969. The SMILES string of the molecule is Cc1cc(OC(C)c2nc3ccccc3n2CC(=O)c2ccccc2)ccc1Cl. The summed E-state index contributed by atoms with van der Waals surface area (Å²) in [6.07, 6.45) is -0.341. The first-order chi connectivity index (χ1) is 14.0. The normalized spacial score (nSPS) is 12.1. The van der Waals surface area contributed by atoms with Gasteiger partial charge in [-0.05, 0) is 49.7 Å². The van der Waals surface area contributed by atoms with E-state index in [0.717, 1.165) is 16.6 Å². The molecule has 0 amide bonds. The molecule has 1 unspecified atom stereocenters. The number of aryl methyl sites for hydroxylation is 1. The van der Waals surface area contributed by atoms with Crippen LogP contribution in [0.2, 0.25) is 5.02 Å². The molecule has 3 aromatic carbocycles. The van der Waals surface area contributed by atoms with Crippen LogP contribution in [0, 0.1) is 6.92 Å². The molecule has 146 valence electrons. The van der Waals surface area contributed by atoms with Gasteiger partial charge in [0.15, 0.2) is 17.7 Å². The summed E-state index contributed by atoms with van der Waals surface area (Å²) < 4.78 is 8.08. The van der Waals surface area contributed by atoms with Crippen molar-refractivity contribution in [3.05, 3.63) is 94.8 Å². The monoisotopic (exact) mass is 404 g/mol. The average Bonchev–Trinajstić information content (AvgIpc) is 3.10. The van der Waals surface area contributed by atoms with Crippen molar-refractivity contribution in [2.45, 2.75) is 26.5 Å². The molecule has 0 saturated heterocycles. The van der Waals surface area contributed by atoms with Crippen molar-refractivity contribution >= 4 is 28.4 Å². The van der Waals surface area contributed by atoms with Crippen LogP contribution in [0.3, 0.4) is 0 Å². The van der Waals surface area contributed by atoms with Crippen LogP contribution >= 0.6 is 11.6 Å². The van der Waals surface area contributed by atoms with Gasteiger partial charge in [-0.1, -0.05) is 54.1 Å². The molecule has 29 heavy (non-hydrogen) atoms. The fourth-order valence-corrected chi connectivity index (χ4v) is 3.49. The summed E-state index contributed by atoms with van der Waals surface area (Å²) in [5, 5.41) is 0.700. The molecule has 0 radical (unpaired) electrons. The maximum absolute atomic E-state index is 12.9. The standard InChI is InChI=1S/C24H21ClN2O2/c1-16-14-19(12-13-20(16)25)29-17(2)24-26-21-10-6-7-11-22(21)27(24)15-23(28)18-8-4-3-5-9-18/h3-14,17H,15H2,1-2H3. The number of carbonyl (C=O) groups is 1. The molecule has 0 saturated carbocycles. The number of aromatic nitrogens is 2. The Balaban J connectivity index is 1.69. The van der Waals surface area contributed by atoms with Crippen molar-refractivity contribution in [3.63, 3.8) is 0 Å². The van der Waals surface area contributed by atoms with E-state index in [2.05, 4.69) is 0 Å². The molecule has 4 nitrogen and oxygen atoms in total. The zero-order valence-corrected chi connectivity index (χ0v) is 17.1. The summed E-state index contributed by atoms with van der Waals surface area (Å²) in [5.41, 5.74) is 3.38.